The molecule has 0 saturated carbocycles. The molecule has 0 aliphatic rings. The van der Waals surface area contributed by atoms with Crippen LogP contribution in [-0.4, -0.2) is 19.3 Å². The molecule has 0 bridgehead atoms. The molecule has 0 amide bonds. The molecule has 44 heavy (non-hydrogen) atoms. The van der Waals surface area contributed by atoms with Crippen LogP contribution in [0, 0.1) is 34.6 Å². The van der Waals surface area contributed by atoms with E-state index in [1.807, 2.05) is 12.3 Å². The number of hydrogen-bond donors (Lipinski definition) is 0. The van der Waals surface area contributed by atoms with Crippen LogP contribution >= 0.6 is 0 Å². The molecule has 7 aromatic rings. The molecule has 0 atom stereocenters. The number of hydrogen-bond acceptors (Lipinski definition) is 3. The molecule has 0 aliphatic heterocycles. The molecular formula is C39H36N4O. The van der Waals surface area contributed by atoms with Crippen molar-refractivity contribution < 1.29 is 4.74 Å². The van der Waals surface area contributed by atoms with Crippen molar-refractivity contribution in [2.75, 3.05) is 0 Å². The van der Waals surface area contributed by atoms with Gasteiger partial charge in [0.05, 0.1) is 22.4 Å². The standard InChI is InChI=1S/C39H36N4O/c1-7-29-20-30(43-28(6)39(27(5)41-43)38-25(3)11-10-12-26(38)4)22-32(21-29)44-31-15-16-34-33-13-8-9-14-35(33)42(36(34)23-31)37-19-24(2)17-18-40-37/h8-23H,7H2,1-6H3. The van der Waals surface area contributed by atoms with Crippen LogP contribution in [0.25, 0.3) is 44.4 Å². The van der Waals surface area contributed by atoms with Gasteiger partial charge in [0, 0.05) is 40.4 Å². The summed E-state index contributed by atoms with van der Waals surface area (Å²) in [5.74, 6) is 2.46. The molecule has 5 heteroatoms. The second-order valence-electron chi connectivity index (χ2n) is 11.7. The number of benzene rings is 4. The molecule has 5 nitrogen and oxygen atoms in total. The van der Waals surface area contributed by atoms with E-state index in [0.29, 0.717) is 0 Å². The molecule has 3 heterocycles. The summed E-state index contributed by atoms with van der Waals surface area (Å²) in [4.78, 5) is 4.73. The predicted molar refractivity (Wildman–Crippen MR) is 181 cm³/mol. The highest BCUT2D eigenvalue weighted by molar-refractivity contribution is 6.09. The topological polar surface area (TPSA) is 44.9 Å². The maximum Gasteiger partial charge on any atom is 0.137 e. The number of aromatic nitrogens is 4. The highest BCUT2D eigenvalue weighted by Gasteiger charge is 2.19. The lowest BCUT2D eigenvalue weighted by molar-refractivity contribution is 0.482. The van der Waals surface area contributed by atoms with Crippen LogP contribution in [0.3, 0.4) is 0 Å². The molecule has 0 fully saturated rings. The van der Waals surface area contributed by atoms with E-state index in [4.69, 9.17) is 14.8 Å². The zero-order chi connectivity index (χ0) is 30.5. The monoisotopic (exact) mass is 576 g/mol. The summed E-state index contributed by atoms with van der Waals surface area (Å²) in [7, 11) is 0. The van der Waals surface area contributed by atoms with Crippen molar-refractivity contribution in [1.82, 2.24) is 19.3 Å². The van der Waals surface area contributed by atoms with Gasteiger partial charge in [-0.1, -0.05) is 43.3 Å². The van der Waals surface area contributed by atoms with Crippen molar-refractivity contribution in [2.45, 2.75) is 48.0 Å². The molecular weight excluding hydrogens is 540 g/mol. The third-order valence-electron chi connectivity index (χ3n) is 8.64. The summed E-state index contributed by atoms with van der Waals surface area (Å²) in [5.41, 5.74) is 12.7. The van der Waals surface area contributed by atoms with Crippen molar-refractivity contribution in [3.05, 3.63) is 131 Å². The fraction of sp³-hybridized carbons (Fsp3) is 0.179. The Morgan fingerprint density at radius 2 is 1.45 bits per heavy atom. The van der Waals surface area contributed by atoms with E-state index in [-0.39, 0.29) is 0 Å². The van der Waals surface area contributed by atoms with Gasteiger partial charge in [0.2, 0.25) is 0 Å². The maximum atomic E-state index is 6.63. The van der Waals surface area contributed by atoms with E-state index in [1.54, 1.807) is 0 Å². The van der Waals surface area contributed by atoms with Crippen LogP contribution in [0.4, 0.5) is 0 Å². The minimum Gasteiger partial charge on any atom is -0.457 e. The maximum absolute atomic E-state index is 6.63. The minimum absolute atomic E-state index is 0.776. The zero-order valence-electron chi connectivity index (χ0n) is 26.1. The van der Waals surface area contributed by atoms with Crippen LogP contribution in [0.2, 0.25) is 0 Å². The SMILES string of the molecule is CCc1cc(Oc2ccc3c4ccccc4n(-c4cc(C)ccn4)c3c2)cc(-n2nc(C)c(-c3c(C)cccc3C)c2C)c1. The second kappa shape index (κ2) is 10.8. The predicted octanol–water partition coefficient (Wildman–Crippen LogP) is 9.93. The first-order valence-electron chi connectivity index (χ1n) is 15.2. The number of nitrogens with zero attached hydrogens (tertiary/aromatic N) is 4. The number of rotatable bonds is 6. The van der Waals surface area contributed by atoms with Gasteiger partial charge >= 0.3 is 0 Å². The Morgan fingerprint density at radius 3 is 2.23 bits per heavy atom. The normalized spacial score (nSPS) is 11.5. The molecule has 3 aromatic heterocycles. The number of pyridine rings is 1. The lowest BCUT2D eigenvalue weighted by atomic mass is 9.94. The summed E-state index contributed by atoms with van der Waals surface area (Å²) >= 11 is 0. The Morgan fingerprint density at radius 1 is 0.682 bits per heavy atom. The van der Waals surface area contributed by atoms with Crippen molar-refractivity contribution in [1.29, 1.82) is 0 Å². The quantitative estimate of drug-likeness (QED) is 0.198. The fourth-order valence-corrected chi connectivity index (χ4v) is 6.53. The molecule has 0 saturated heterocycles. The molecule has 0 radical (unpaired) electrons. The van der Waals surface area contributed by atoms with Gasteiger partial charge in [-0.25, -0.2) is 9.67 Å². The summed E-state index contributed by atoms with van der Waals surface area (Å²) in [6, 6.07) is 31.9. The molecule has 218 valence electrons. The molecule has 7 rings (SSSR count). The van der Waals surface area contributed by atoms with Crippen LogP contribution in [0.5, 0.6) is 11.5 Å². The summed E-state index contributed by atoms with van der Waals surface area (Å²) < 4.78 is 10.9. The summed E-state index contributed by atoms with van der Waals surface area (Å²) in [6.45, 7) is 12.9. The van der Waals surface area contributed by atoms with E-state index in [2.05, 4.69) is 136 Å². The van der Waals surface area contributed by atoms with Crippen LogP contribution in [0.15, 0.2) is 97.2 Å². The zero-order valence-corrected chi connectivity index (χ0v) is 26.1. The van der Waals surface area contributed by atoms with Gasteiger partial charge in [-0.3, -0.25) is 4.57 Å². The lowest BCUT2D eigenvalue weighted by Crippen LogP contribution is -2.01. The van der Waals surface area contributed by atoms with Gasteiger partial charge in [-0.05, 0) is 111 Å². The molecule has 0 N–H and O–H groups in total. The van der Waals surface area contributed by atoms with Gasteiger partial charge in [-0.2, -0.15) is 5.10 Å². The second-order valence-corrected chi connectivity index (χ2v) is 11.7. The van der Waals surface area contributed by atoms with Crippen molar-refractivity contribution in [3.63, 3.8) is 0 Å². The highest BCUT2D eigenvalue weighted by atomic mass is 16.5. The lowest BCUT2D eigenvalue weighted by Gasteiger charge is -2.14. The average Bonchev–Trinajstić information content (AvgIpc) is 3.50. The largest absolute Gasteiger partial charge is 0.457 e. The third kappa shape index (κ3) is 4.65. The molecule has 0 aliphatic carbocycles. The number of fused-ring (bicyclic) bond motifs is 3. The van der Waals surface area contributed by atoms with Gasteiger partial charge < -0.3 is 4.74 Å². The van der Waals surface area contributed by atoms with Gasteiger partial charge in [0.15, 0.2) is 0 Å². The van der Waals surface area contributed by atoms with E-state index in [1.165, 1.54) is 44.2 Å². The van der Waals surface area contributed by atoms with Crippen molar-refractivity contribution in [3.8, 4) is 34.1 Å². The first kappa shape index (κ1) is 27.7. The van der Waals surface area contributed by atoms with Crippen LogP contribution in [-0.2, 0) is 6.42 Å². The molecule has 0 spiro atoms. The van der Waals surface area contributed by atoms with Gasteiger partial charge in [0.1, 0.15) is 17.3 Å². The molecule has 4 aromatic carbocycles. The fourth-order valence-electron chi connectivity index (χ4n) is 6.53. The summed E-state index contributed by atoms with van der Waals surface area (Å²) in [6.07, 6.45) is 2.76. The van der Waals surface area contributed by atoms with E-state index in [0.717, 1.165) is 51.8 Å². The van der Waals surface area contributed by atoms with E-state index < -0.39 is 0 Å². The minimum atomic E-state index is 0.776. The van der Waals surface area contributed by atoms with Gasteiger partial charge in [-0.15, -0.1) is 0 Å². The Balaban J connectivity index is 1.33. The van der Waals surface area contributed by atoms with Crippen LogP contribution in [0.1, 0.15) is 40.6 Å². The Kier molecular flexibility index (Phi) is 6.81. The number of aryl methyl sites for hydroxylation is 5. The Hall–Kier alpha value is -5.16. The average molecular weight is 577 g/mol. The van der Waals surface area contributed by atoms with Crippen molar-refractivity contribution in [2.24, 2.45) is 0 Å². The number of para-hydroxylation sites is 1. The highest BCUT2D eigenvalue weighted by Crippen LogP contribution is 2.37. The first-order valence-corrected chi connectivity index (χ1v) is 15.2. The van der Waals surface area contributed by atoms with E-state index >= 15 is 0 Å². The molecule has 0 unspecified atom stereocenters. The number of ether oxygens (including phenoxy) is 1. The Bertz CT molecular complexity index is 2180. The van der Waals surface area contributed by atoms with Crippen molar-refractivity contribution >= 4 is 21.8 Å². The smallest absolute Gasteiger partial charge is 0.137 e. The van der Waals surface area contributed by atoms with Gasteiger partial charge in [0.25, 0.3) is 0 Å². The first-order chi connectivity index (χ1) is 21.3. The third-order valence-corrected chi connectivity index (χ3v) is 8.64. The summed E-state index contributed by atoms with van der Waals surface area (Å²) in [5, 5.41) is 7.39. The Labute approximate surface area is 258 Å². The van der Waals surface area contributed by atoms with E-state index in [9.17, 15) is 0 Å². The van der Waals surface area contributed by atoms with Crippen LogP contribution < -0.4 is 4.74 Å².